The SMILES string of the molecule is CC(C)(c1ccc(OCc2ccnc(NS(C)(=O)=O)n2)cc1)c1cnc(OCCCl)c(C#N)c1. The molecular weight excluding hydrogens is 478 g/mol. The van der Waals surface area contributed by atoms with Crippen LogP contribution in [0.3, 0.4) is 0 Å². The monoisotopic (exact) mass is 501 g/mol. The summed E-state index contributed by atoms with van der Waals surface area (Å²) in [5.74, 6) is 1.19. The number of alkyl halides is 1. The molecule has 0 saturated carbocycles. The number of hydrogen-bond donors (Lipinski definition) is 1. The van der Waals surface area contributed by atoms with Crippen molar-refractivity contribution in [2.75, 3.05) is 23.5 Å². The molecule has 0 fully saturated rings. The highest BCUT2D eigenvalue weighted by Gasteiger charge is 2.25. The highest BCUT2D eigenvalue weighted by molar-refractivity contribution is 7.91. The largest absolute Gasteiger partial charge is 0.487 e. The number of halogens is 1. The molecular formula is C23H24ClN5O4S. The van der Waals surface area contributed by atoms with Gasteiger partial charge in [0.25, 0.3) is 0 Å². The number of rotatable bonds is 10. The van der Waals surface area contributed by atoms with E-state index in [-0.39, 0.29) is 25.0 Å². The molecule has 2 heterocycles. The maximum atomic E-state index is 11.3. The van der Waals surface area contributed by atoms with E-state index in [9.17, 15) is 13.7 Å². The van der Waals surface area contributed by atoms with Crippen LogP contribution in [0.4, 0.5) is 5.95 Å². The van der Waals surface area contributed by atoms with E-state index in [0.717, 1.165) is 17.4 Å². The van der Waals surface area contributed by atoms with E-state index in [2.05, 4.69) is 25.7 Å². The minimum Gasteiger partial charge on any atom is -0.487 e. The lowest BCUT2D eigenvalue weighted by Crippen LogP contribution is -2.19. The zero-order valence-electron chi connectivity index (χ0n) is 18.9. The van der Waals surface area contributed by atoms with E-state index in [1.165, 1.54) is 6.20 Å². The number of anilines is 1. The Morgan fingerprint density at radius 2 is 1.85 bits per heavy atom. The molecule has 0 bridgehead atoms. The Morgan fingerprint density at radius 1 is 1.12 bits per heavy atom. The number of benzene rings is 1. The third kappa shape index (κ3) is 6.56. The molecule has 2 aromatic heterocycles. The molecule has 9 nitrogen and oxygen atoms in total. The highest BCUT2D eigenvalue weighted by Crippen LogP contribution is 2.34. The second kappa shape index (κ2) is 10.7. The fraction of sp³-hybridized carbons (Fsp3) is 0.304. The van der Waals surface area contributed by atoms with Gasteiger partial charge in [-0.15, -0.1) is 11.6 Å². The molecule has 0 saturated heterocycles. The number of pyridine rings is 1. The van der Waals surface area contributed by atoms with Crippen LogP contribution in [0.5, 0.6) is 11.6 Å². The number of hydrogen-bond acceptors (Lipinski definition) is 8. The Balaban J connectivity index is 1.71. The summed E-state index contributed by atoms with van der Waals surface area (Å²) in [6.07, 6.45) is 4.19. The number of nitrogens with zero attached hydrogens (tertiary/aromatic N) is 4. The molecule has 3 rings (SSSR count). The number of ether oxygens (including phenoxy) is 2. The van der Waals surface area contributed by atoms with Crippen LogP contribution in [0.15, 0.2) is 48.8 Å². The first-order chi connectivity index (χ1) is 16.1. The van der Waals surface area contributed by atoms with Crippen LogP contribution >= 0.6 is 11.6 Å². The van der Waals surface area contributed by atoms with Crippen molar-refractivity contribution in [2.45, 2.75) is 25.9 Å². The van der Waals surface area contributed by atoms with Gasteiger partial charge in [-0.05, 0) is 35.4 Å². The summed E-state index contributed by atoms with van der Waals surface area (Å²) in [4.78, 5) is 12.3. The molecule has 0 aliphatic carbocycles. The van der Waals surface area contributed by atoms with E-state index >= 15 is 0 Å². The number of aromatic nitrogens is 3. The van der Waals surface area contributed by atoms with Crippen molar-refractivity contribution in [2.24, 2.45) is 0 Å². The highest BCUT2D eigenvalue weighted by atomic mass is 35.5. The number of sulfonamides is 1. The maximum absolute atomic E-state index is 11.3. The Labute approximate surface area is 203 Å². The second-order valence-electron chi connectivity index (χ2n) is 7.91. The first-order valence-electron chi connectivity index (χ1n) is 10.2. The van der Waals surface area contributed by atoms with Gasteiger partial charge in [0.1, 0.15) is 30.6 Å². The minimum absolute atomic E-state index is 0.00915. The quantitative estimate of drug-likeness (QED) is 0.417. The summed E-state index contributed by atoms with van der Waals surface area (Å²) in [5, 5.41) is 9.48. The van der Waals surface area contributed by atoms with E-state index in [1.807, 2.05) is 38.1 Å². The average molecular weight is 502 g/mol. The van der Waals surface area contributed by atoms with Gasteiger partial charge in [-0.3, -0.25) is 4.72 Å². The molecule has 0 atom stereocenters. The van der Waals surface area contributed by atoms with Crippen molar-refractivity contribution < 1.29 is 17.9 Å². The van der Waals surface area contributed by atoms with Crippen LogP contribution in [0.1, 0.15) is 36.2 Å². The summed E-state index contributed by atoms with van der Waals surface area (Å²) >= 11 is 5.65. The topological polar surface area (TPSA) is 127 Å². The third-order valence-corrected chi connectivity index (χ3v) is 5.67. The predicted octanol–water partition coefficient (Wildman–Crippen LogP) is 3.64. The molecule has 1 N–H and O–H groups in total. The Bertz CT molecular complexity index is 1290. The Kier molecular flexibility index (Phi) is 7.91. The van der Waals surface area contributed by atoms with E-state index in [0.29, 0.717) is 22.9 Å². The van der Waals surface area contributed by atoms with Crippen molar-refractivity contribution >= 4 is 27.6 Å². The van der Waals surface area contributed by atoms with Crippen LogP contribution < -0.4 is 14.2 Å². The molecule has 3 aromatic rings. The summed E-state index contributed by atoms with van der Waals surface area (Å²) in [6.45, 7) is 4.50. The fourth-order valence-corrected chi connectivity index (χ4v) is 3.61. The van der Waals surface area contributed by atoms with Gasteiger partial charge < -0.3 is 9.47 Å². The third-order valence-electron chi connectivity index (χ3n) is 4.96. The summed E-state index contributed by atoms with van der Waals surface area (Å²) in [6, 6.07) is 13.1. The zero-order valence-corrected chi connectivity index (χ0v) is 20.5. The van der Waals surface area contributed by atoms with Crippen LogP contribution in [0.25, 0.3) is 0 Å². The standard InChI is InChI=1S/C23H24ClN5O4S/c1-23(2,18-12-16(13-25)21(27-14-18)32-11-9-24)17-4-6-20(7-5-17)33-15-19-8-10-26-22(28-19)29-34(3,30)31/h4-8,10,12,14H,9,11,15H2,1-3H3,(H,26,28,29). The van der Waals surface area contributed by atoms with Gasteiger partial charge in [-0.1, -0.05) is 26.0 Å². The van der Waals surface area contributed by atoms with E-state index in [1.54, 1.807) is 18.3 Å². The molecule has 0 amide bonds. The van der Waals surface area contributed by atoms with E-state index in [4.69, 9.17) is 21.1 Å². The molecule has 0 unspecified atom stereocenters. The number of nitriles is 1. The van der Waals surface area contributed by atoms with Crippen molar-refractivity contribution in [1.82, 2.24) is 15.0 Å². The summed E-state index contributed by atoms with van der Waals surface area (Å²) < 4.78 is 36.2. The second-order valence-corrected chi connectivity index (χ2v) is 10.0. The van der Waals surface area contributed by atoms with Gasteiger partial charge in [0.15, 0.2) is 0 Å². The summed E-state index contributed by atoms with van der Waals surface area (Å²) in [5.41, 5.74) is 2.31. The summed E-state index contributed by atoms with van der Waals surface area (Å²) in [7, 11) is -3.46. The van der Waals surface area contributed by atoms with Gasteiger partial charge in [0.2, 0.25) is 21.9 Å². The molecule has 0 spiro atoms. The van der Waals surface area contributed by atoms with Crippen LogP contribution in [0, 0.1) is 11.3 Å². The fourth-order valence-electron chi connectivity index (χ4n) is 3.11. The van der Waals surface area contributed by atoms with Gasteiger partial charge in [0, 0.05) is 17.8 Å². The van der Waals surface area contributed by atoms with Gasteiger partial charge in [0.05, 0.1) is 17.8 Å². The van der Waals surface area contributed by atoms with Crippen LogP contribution in [0.2, 0.25) is 0 Å². The smallest absolute Gasteiger partial charge is 0.236 e. The van der Waals surface area contributed by atoms with Crippen molar-refractivity contribution in [1.29, 1.82) is 5.26 Å². The van der Waals surface area contributed by atoms with Gasteiger partial charge >= 0.3 is 0 Å². The molecule has 0 aliphatic rings. The molecule has 0 aliphatic heterocycles. The normalized spacial score (nSPS) is 11.5. The average Bonchev–Trinajstić information content (AvgIpc) is 2.80. The van der Waals surface area contributed by atoms with Gasteiger partial charge in [-0.25, -0.2) is 23.4 Å². The van der Waals surface area contributed by atoms with Crippen molar-refractivity contribution in [3.05, 3.63) is 71.2 Å². The molecule has 178 valence electrons. The molecule has 1 aromatic carbocycles. The Morgan fingerprint density at radius 3 is 2.50 bits per heavy atom. The first kappa shape index (κ1) is 25.2. The zero-order chi connectivity index (χ0) is 24.8. The Hall–Kier alpha value is -3.42. The lowest BCUT2D eigenvalue weighted by Gasteiger charge is -2.26. The predicted molar refractivity (Wildman–Crippen MR) is 129 cm³/mol. The number of nitrogens with one attached hydrogen (secondary N) is 1. The van der Waals surface area contributed by atoms with Crippen molar-refractivity contribution in [3.63, 3.8) is 0 Å². The maximum Gasteiger partial charge on any atom is 0.236 e. The van der Waals surface area contributed by atoms with Crippen molar-refractivity contribution in [3.8, 4) is 17.7 Å². The molecule has 34 heavy (non-hydrogen) atoms. The first-order valence-corrected chi connectivity index (χ1v) is 12.7. The van der Waals surface area contributed by atoms with E-state index < -0.39 is 15.4 Å². The molecule has 0 radical (unpaired) electrons. The van der Waals surface area contributed by atoms with Crippen LogP contribution in [-0.2, 0) is 22.0 Å². The molecule has 11 heteroatoms. The van der Waals surface area contributed by atoms with Gasteiger partial charge in [-0.2, -0.15) is 5.26 Å². The lowest BCUT2D eigenvalue weighted by molar-refractivity contribution is 0.301. The minimum atomic E-state index is -3.46. The lowest BCUT2D eigenvalue weighted by atomic mass is 9.78. The van der Waals surface area contributed by atoms with Crippen LogP contribution in [-0.4, -0.2) is 42.1 Å².